The van der Waals surface area contributed by atoms with Crippen molar-refractivity contribution in [3.8, 4) is 17.2 Å². The van der Waals surface area contributed by atoms with Crippen molar-refractivity contribution < 1.29 is 13.9 Å². The van der Waals surface area contributed by atoms with Crippen LogP contribution in [0.15, 0.2) is 78.5 Å². The number of hydrogen-bond acceptors (Lipinski definition) is 4. The van der Waals surface area contributed by atoms with E-state index in [0.717, 1.165) is 24.5 Å². The van der Waals surface area contributed by atoms with Crippen molar-refractivity contribution in [1.82, 2.24) is 4.98 Å². The van der Waals surface area contributed by atoms with Crippen molar-refractivity contribution >= 4 is 76.6 Å². The molecule has 8 heteroatoms. The fourth-order valence-corrected chi connectivity index (χ4v) is 4.90. The molecule has 0 bridgehead atoms. The highest BCUT2D eigenvalue weighted by atomic mass is 79.9. The molecule has 0 aliphatic heterocycles. The summed E-state index contributed by atoms with van der Waals surface area (Å²) in [6.07, 6.45) is 3.15. The van der Waals surface area contributed by atoms with E-state index < -0.39 is 0 Å². The van der Waals surface area contributed by atoms with E-state index in [1.54, 1.807) is 31.4 Å². The fourth-order valence-electron chi connectivity index (χ4n) is 3.02. The highest BCUT2D eigenvalue weighted by molar-refractivity contribution is 9.11. The topological polar surface area (TPSA) is 64.4 Å². The molecule has 1 N–H and O–H groups in total. The predicted molar refractivity (Wildman–Crippen MR) is 133 cm³/mol. The fraction of sp³-hybridized carbons (Fsp3) is 0.0435. The number of rotatable bonds is 5. The summed E-state index contributed by atoms with van der Waals surface area (Å²) in [6, 6.07) is 16.8. The lowest BCUT2D eigenvalue weighted by molar-refractivity contribution is -0.111. The van der Waals surface area contributed by atoms with Crippen LogP contribution in [0.4, 0.5) is 5.69 Å². The van der Waals surface area contributed by atoms with Crippen LogP contribution in [0.25, 0.3) is 28.6 Å². The molecule has 1 heterocycles. The first-order chi connectivity index (χ1) is 14.9. The number of methoxy groups -OCH3 is 1. The molecule has 3 aromatic carbocycles. The van der Waals surface area contributed by atoms with Crippen LogP contribution in [0.3, 0.4) is 0 Å². The molecule has 0 aliphatic carbocycles. The van der Waals surface area contributed by atoms with Gasteiger partial charge in [-0.2, -0.15) is 0 Å². The predicted octanol–water partition coefficient (Wildman–Crippen LogP) is 7.44. The third-order valence-electron chi connectivity index (χ3n) is 4.41. The molecule has 0 aliphatic rings. The van der Waals surface area contributed by atoms with E-state index in [1.165, 1.54) is 6.08 Å². The van der Waals surface area contributed by atoms with Crippen LogP contribution in [0, 0.1) is 0 Å². The summed E-state index contributed by atoms with van der Waals surface area (Å²) < 4.78 is 13.8. The lowest BCUT2D eigenvalue weighted by atomic mass is 10.2. The van der Waals surface area contributed by atoms with Gasteiger partial charge < -0.3 is 14.5 Å². The van der Waals surface area contributed by atoms with Crippen LogP contribution >= 0.6 is 47.8 Å². The van der Waals surface area contributed by atoms with Gasteiger partial charge in [0.1, 0.15) is 11.3 Å². The molecule has 156 valence electrons. The number of ether oxygens (including phenoxy) is 1. The largest absolute Gasteiger partial charge is 0.495 e. The number of nitrogens with zero attached hydrogens (tertiary/aromatic N) is 1. The Kier molecular flexibility index (Phi) is 6.60. The molecule has 4 aromatic rings. The Morgan fingerprint density at radius 1 is 1.06 bits per heavy atom. The second-order valence-corrected chi connectivity index (χ2v) is 9.14. The number of fused-ring (bicyclic) bond motifs is 1. The van der Waals surface area contributed by atoms with Crippen LogP contribution in [-0.2, 0) is 4.79 Å². The molecule has 0 spiro atoms. The Balaban J connectivity index is 1.54. The van der Waals surface area contributed by atoms with Gasteiger partial charge in [-0.25, -0.2) is 4.98 Å². The van der Waals surface area contributed by atoms with Crippen LogP contribution in [0.2, 0.25) is 0 Å². The number of amides is 1. The second-order valence-electron chi connectivity index (χ2n) is 6.51. The number of carbonyl (C=O) groups excluding carboxylic acids is 1. The Morgan fingerprint density at radius 2 is 1.87 bits per heavy atom. The van der Waals surface area contributed by atoms with Crippen molar-refractivity contribution in [2.24, 2.45) is 0 Å². The summed E-state index contributed by atoms with van der Waals surface area (Å²) in [5.41, 5.74) is 3.55. The lowest BCUT2D eigenvalue weighted by Crippen LogP contribution is -2.07. The van der Waals surface area contributed by atoms with E-state index >= 15 is 0 Å². The number of aromatic nitrogens is 1. The van der Waals surface area contributed by atoms with Crippen molar-refractivity contribution in [3.63, 3.8) is 0 Å². The van der Waals surface area contributed by atoms with Gasteiger partial charge in [-0.05, 0) is 80.4 Å². The molecule has 31 heavy (non-hydrogen) atoms. The molecule has 4 rings (SSSR count). The summed E-state index contributed by atoms with van der Waals surface area (Å²) in [5, 5.41) is 2.85. The maximum absolute atomic E-state index is 12.5. The maximum atomic E-state index is 12.5. The van der Waals surface area contributed by atoms with Crippen molar-refractivity contribution in [2.45, 2.75) is 0 Å². The number of halogens is 3. The molecule has 1 aromatic heterocycles. The van der Waals surface area contributed by atoms with Gasteiger partial charge in [0.15, 0.2) is 5.58 Å². The Bertz CT molecular complexity index is 1310. The zero-order valence-corrected chi connectivity index (χ0v) is 20.9. The van der Waals surface area contributed by atoms with Gasteiger partial charge in [-0.15, -0.1) is 0 Å². The summed E-state index contributed by atoms with van der Waals surface area (Å²) in [4.78, 5) is 17.0. The van der Waals surface area contributed by atoms with Crippen LogP contribution in [-0.4, -0.2) is 18.0 Å². The Morgan fingerprint density at radius 3 is 2.65 bits per heavy atom. The van der Waals surface area contributed by atoms with E-state index in [0.29, 0.717) is 28.4 Å². The molecule has 0 saturated carbocycles. The summed E-state index contributed by atoms with van der Waals surface area (Å²) >= 11 is 10.4. The highest BCUT2D eigenvalue weighted by Crippen LogP contribution is 2.34. The average molecular weight is 607 g/mol. The standard InChI is InChI=1S/C23H15Br3N2O3/c1-30-22-13(10-14(24)11-18(22)26)6-9-21(29)27-15-7-8-20-19(12-15)28-23(31-20)16-4-2-3-5-17(16)25/h2-12H,1H3,(H,27,29)/b9-6+. The second kappa shape index (κ2) is 9.38. The summed E-state index contributed by atoms with van der Waals surface area (Å²) in [6.45, 7) is 0. The molecule has 0 fully saturated rings. The number of hydrogen-bond donors (Lipinski definition) is 1. The van der Waals surface area contributed by atoms with E-state index in [-0.39, 0.29) is 5.91 Å². The van der Waals surface area contributed by atoms with Gasteiger partial charge in [0.2, 0.25) is 11.8 Å². The van der Waals surface area contributed by atoms with Crippen molar-refractivity contribution in [3.05, 3.63) is 79.7 Å². The summed E-state index contributed by atoms with van der Waals surface area (Å²) in [7, 11) is 1.58. The van der Waals surface area contributed by atoms with E-state index in [9.17, 15) is 4.79 Å². The quantitative estimate of drug-likeness (QED) is 0.240. The van der Waals surface area contributed by atoms with Crippen LogP contribution < -0.4 is 10.1 Å². The minimum Gasteiger partial charge on any atom is -0.495 e. The third kappa shape index (κ3) is 4.92. The normalized spacial score (nSPS) is 11.2. The first-order valence-electron chi connectivity index (χ1n) is 9.12. The monoisotopic (exact) mass is 604 g/mol. The first kappa shape index (κ1) is 21.8. The smallest absolute Gasteiger partial charge is 0.248 e. The van der Waals surface area contributed by atoms with Gasteiger partial charge in [-0.3, -0.25) is 4.79 Å². The molecule has 0 unspecified atom stereocenters. The molecule has 0 saturated heterocycles. The van der Waals surface area contributed by atoms with Crippen LogP contribution in [0.1, 0.15) is 5.56 Å². The number of carbonyl (C=O) groups is 1. The zero-order chi connectivity index (χ0) is 22.0. The molecular formula is C23H15Br3N2O3. The number of anilines is 1. The number of benzene rings is 3. The van der Waals surface area contributed by atoms with Crippen molar-refractivity contribution in [1.29, 1.82) is 0 Å². The van der Waals surface area contributed by atoms with Crippen molar-refractivity contribution in [2.75, 3.05) is 12.4 Å². The highest BCUT2D eigenvalue weighted by Gasteiger charge is 2.12. The average Bonchev–Trinajstić information content (AvgIpc) is 3.15. The van der Waals surface area contributed by atoms with Gasteiger partial charge in [0.25, 0.3) is 0 Å². The van der Waals surface area contributed by atoms with Crippen LogP contribution in [0.5, 0.6) is 5.75 Å². The van der Waals surface area contributed by atoms with E-state index in [2.05, 4.69) is 58.1 Å². The first-order valence-corrected chi connectivity index (χ1v) is 11.5. The molecule has 0 radical (unpaired) electrons. The maximum Gasteiger partial charge on any atom is 0.248 e. The number of nitrogens with one attached hydrogen (secondary N) is 1. The SMILES string of the molecule is COc1c(Br)cc(Br)cc1/C=C/C(=O)Nc1ccc2oc(-c3ccccc3Br)nc2c1. The number of oxazole rings is 1. The molecule has 5 nitrogen and oxygen atoms in total. The molecular weight excluding hydrogens is 592 g/mol. The third-order valence-corrected chi connectivity index (χ3v) is 6.15. The van der Waals surface area contributed by atoms with Gasteiger partial charge in [0, 0.05) is 26.3 Å². The summed E-state index contributed by atoms with van der Waals surface area (Å²) in [5.74, 6) is 0.890. The Hall–Kier alpha value is -2.42. The van der Waals surface area contributed by atoms with E-state index in [4.69, 9.17) is 9.15 Å². The van der Waals surface area contributed by atoms with E-state index in [1.807, 2.05) is 36.4 Å². The molecule has 1 amide bonds. The van der Waals surface area contributed by atoms with Gasteiger partial charge in [-0.1, -0.05) is 28.1 Å². The lowest BCUT2D eigenvalue weighted by Gasteiger charge is -2.08. The van der Waals surface area contributed by atoms with Gasteiger partial charge in [0.05, 0.1) is 17.1 Å². The zero-order valence-electron chi connectivity index (χ0n) is 16.2. The minimum atomic E-state index is -0.271. The Labute approximate surface area is 203 Å². The molecule has 0 atom stereocenters. The van der Waals surface area contributed by atoms with Gasteiger partial charge >= 0.3 is 0 Å². The minimum absolute atomic E-state index is 0.271.